The molecule has 0 atom stereocenters. The number of thiophene rings is 1. The number of hydrogen-bond acceptors (Lipinski definition) is 5. The summed E-state index contributed by atoms with van der Waals surface area (Å²) in [4.78, 5) is 18.7. The van der Waals surface area contributed by atoms with Gasteiger partial charge in [-0.3, -0.25) is 9.36 Å². The number of fused-ring (bicyclic) bond motifs is 1. The molecular formula is C23H20N4OS. The second-order valence-electron chi connectivity index (χ2n) is 6.68. The molecule has 1 N–H and O–H groups in total. The zero-order chi connectivity index (χ0) is 20.2. The number of rotatable bonds is 6. The average molecular weight is 401 g/mol. The predicted molar refractivity (Wildman–Crippen MR) is 118 cm³/mol. The molecule has 2 aromatic heterocycles. The highest BCUT2D eigenvalue weighted by molar-refractivity contribution is 7.17. The highest BCUT2D eigenvalue weighted by atomic mass is 32.1. The summed E-state index contributed by atoms with van der Waals surface area (Å²) in [6.07, 6.45) is 0.955. The number of anilines is 1. The van der Waals surface area contributed by atoms with Crippen molar-refractivity contribution in [3.63, 3.8) is 0 Å². The molecule has 0 saturated heterocycles. The summed E-state index contributed by atoms with van der Waals surface area (Å²) >= 11 is 1.46. The largest absolute Gasteiger partial charge is 0.378 e. The Balaban J connectivity index is 1.75. The lowest BCUT2D eigenvalue weighted by atomic mass is 10.1. The number of hydrogen-bond donors (Lipinski definition) is 1. The van der Waals surface area contributed by atoms with Crippen molar-refractivity contribution in [3.05, 3.63) is 81.7 Å². The Kier molecular flexibility index (Phi) is 5.41. The third-order valence-electron chi connectivity index (χ3n) is 4.87. The number of nitriles is 1. The zero-order valence-electron chi connectivity index (χ0n) is 16.1. The summed E-state index contributed by atoms with van der Waals surface area (Å²) in [6.45, 7) is 2.46. The highest BCUT2D eigenvalue weighted by Crippen LogP contribution is 2.31. The standard InChI is InChI=1S/C23H20N4OS/c1-2-16-7-6-10-18(13-16)25-14-20-26-22-21(23(28)27(20)12-11-24)19(15-29-22)17-8-4-3-5-9-17/h3-10,13,15,25H,2,12,14H2,1H3. The van der Waals surface area contributed by atoms with Crippen LogP contribution >= 0.6 is 11.3 Å². The molecule has 0 aliphatic rings. The monoisotopic (exact) mass is 400 g/mol. The predicted octanol–water partition coefficient (Wildman–Crippen LogP) is 4.82. The first kappa shape index (κ1) is 18.9. The van der Waals surface area contributed by atoms with E-state index in [1.807, 2.05) is 47.8 Å². The van der Waals surface area contributed by atoms with Crippen molar-refractivity contribution in [1.29, 1.82) is 5.26 Å². The van der Waals surface area contributed by atoms with Crippen LogP contribution in [0, 0.1) is 11.3 Å². The first-order chi connectivity index (χ1) is 14.2. The van der Waals surface area contributed by atoms with Crippen LogP contribution in [0.25, 0.3) is 21.3 Å². The minimum atomic E-state index is -0.171. The molecular weight excluding hydrogens is 380 g/mol. The maximum absolute atomic E-state index is 13.3. The molecule has 0 aliphatic heterocycles. The normalized spacial score (nSPS) is 10.8. The molecule has 0 aliphatic carbocycles. The van der Waals surface area contributed by atoms with Gasteiger partial charge in [-0.15, -0.1) is 11.3 Å². The Morgan fingerprint density at radius 2 is 2.00 bits per heavy atom. The van der Waals surface area contributed by atoms with Gasteiger partial charge in [0.05, 0.1) is 18.0 Å². The lowest BCUT2D eigenvalue weighted by Gasteiger charge is -2.12. The Bertz CT molecular complexity index is 1250. The fraction of sp³-hybridized carbons (Fsp3) is 0.174. The minimum absolute atomic E-state index is 0.0299. The number of nitrogens with one attached hydrogen (secondary N) is 1. The molecule has 29 heavy (non-hydrogen) atoms. The van der Waals surface area contributed by atoms with Gasteiger partial charge in [-0.2, -0.15) is 5.26 Å². The van der Waals surface area contributed by atoms with E-state index in [0.29, 0.717) is 22.6 Å². The van der Waals surface area contributed by atoms with Gasteiger partial charge in [0, 0.05) is 16.6 Å². The van der Waals surface area contributed by atoms with Crippen LogP contribution in [0.2, 0.25) is 0 Å². The molecule has 6 heteroatoms. The van der Waals surface area contributed by atoms with Crippen LogP contribution in [0.5, 0.6) is 0 Å². The fourth-order valence-corrected chi connectivity index (χ4v) is 4.30. The highest BCUT2D eigenvalue weighted by Gasteiger charge is 2.17. The Morgan fingerprint density at radius 3 is 2.76 bits per heavy atom. The van der Waals surface area contributed by atoms with Gasteiger partial charge in [-0.1, -0.05) is 49.4 Å². The van der Waals surface area contributed by atoms with Gasteiger partial charge in [0.2, 0.25) is 0 Å². The van der Waals surface area contributed by atoms with E-state index < -0.39 is 0 Å². The molecule has 144 valence electrons. The number of aromatic nitrogens is 2. The van der Waals surface area contributed by atoms with Gasteiger partial charge < -0.3 is 5.32 Å². The molecule has 0 spiro atoms. The van der Waals surface area contributed by atoms with E-state index in [1.165, 1.54) is 21.5 Å². The van der Waals surface area contributed by atoms with Gasteiger partial charge in [0.15, 0.2) is 0 Å². The molecule has 0 unspecified atom stereocenters. The van der Waals surface area contributed by atoms with Crippen molar-refractivity contribution in [2.24, 2.45) is 0 Å². The molecule has 0 bridgehead atoms. The van der Waals surface area contributed by atoms with E-state index in [-0.39, 0.29) is 12.1 Å². The number of aryl methyl sites for hydroxylation is 1. The second kappa shape index (κ2) is 8.29. The molecule has 2 aromatic carbocycles. The molecule has 4 aromatic rings. The molecule has 2 heterocycles. The smallest absolute Gasteiger partial charge is 0.263 e. The van der Waals surface area contributed by atoms with E-state index in [4.69, 9.17) is 4.98 Å². The van der Waals surface area contributed by atoms with E-state index >= 15 is 0 Å². The van der Waals surface area contributed by atoms with Gasteiger partial charge in [-0.25, -0.2) is 4.98 Å². The summed E-state index contributed by atoms with van der Waals surface area (Å²) in [6, 6.07) is 20.1. The Hall–Kier alpha value is -3.43. The van der Waals surface area contributed by atoms with Crippen LogP contribution < -0.4 is 10.9 Å². The average Bonchev–Trinajstić information content (AvgIpc) is 3.19. The zero-order valence-corrected chi connectivity index (χ0v) is 16.9. The molecule has 0 radical (unpaired) electrons. The van der Waals surface area contributed by atoms with Crippen molar-refractivity contribution in [2.75, 3.05) is 5.32 Å². The summed E-state index contributed by atoms with van der Waals surface area (Å²) in [5.41, 5.74) is 3.88. The summed E-state index contributed by atoms with van der Waals surface area (Å²) in [5.74, 6) is 0.562. The molecule has 0 fully saturated rings. The first-order valence-corrected chi connectivity index (χ1v) is 10.3. The summed E-state index contributed by atoms with van der Waals surface area (Å²) < 4.78 is 1.47. The second-order valence-corrected chi connectivity index (χ2v) is 7.54. The first-order valence-electron chi connectivity index (χ1n) is 9.47. The van der Waals surface area contributed by atoms with Crippen LogP contribution in [0.4, 0.5) is 5.69 Å². The lowest BCUT2D eigenvalue weighted by molar-refractivity contribution is 0.710. The minimum Gasteiger partial charge on any atom is -0.378 e. The van der Waals surface area contributed by atoms with Gasteiger partial charge in [0.1, 0.15) is 17.2 Å². The van der Waals surface area contributed by atoms with Crippen molar-refractivity contribution in [3.8, 4) is 17.2 Å². The van der Waals surface area contributed by atoms with Gasteiger partial charge in [0.25, 0.3) is 5.56 Å². The molecule has 4 rings (SSSR count). The summed E-state index contributed by atoms with van der Waals surface area (Å²) in [5, 5.41) is 15.2. The lowest BCUT2D eigenvalue weighted by Crippen LogP contribution is -2.26. The fourth-order valence-electron chi connectivity index (χ4n) is 3.35. The van der Waals surface area contributed by atoms with Crippen LogP contribution in [0.15, 0.2) is 64.8 Å². The molecule has 5 nitrogen and oxygen atoms in total. The van der Waals surface area contributed by atoms with Crippen molar-refractivity contribution in [2.45, 2.75) is 26.4 Å². The van der Waals surface area contributed by atoms with E-state index in [2.05, 4.69) is 30.4 Å². The van der Waals surface area contributed by atoms with E-state index in [9.17, 15) is 10.1 Å². The van der Waals surface area contributed by atoms with E-state index in [0.717, 1.165) is 23.2 Å². The van der Waals surface area contributed by atoms with Gasteiger partial charge in [-0.05, 0) is 29.7 Å². The van der Waals surface area contributed by atoms with Crippen molar-refractivity contribution in [1.82, 2.24) is 9.55 Å². The maximum Gasteiger partial charge on any atom is 0.263 e. The number of nitrogens with zero attached hydrogens (tertiary/aromatic N) is 3. The molecule has 0 saturated carbocycles. The van der Waals surface area contributed by atoms with E-state index in [1.54, 1.807) is 0 Å². The van der Waals surface area contributed by atoms with Crippen LogP contribution in [-0.4, -0.2) is 9.55 Å². The van der Waals surface area contributed by atoms with Crippen LogP contribution in [-0.2, 0) is 19.5 Å². The third kappa shape index (κ3) is 3.78. The van der Waals surface area contributed by atoms with Crippen molar-refractivity contribution < 1.29 is 0 Å². The maximum atomic E-state index is 13.3. The SMILES string of the molecule is CCc1cccc(NCc2nc3scc(-c4ccccc4)c3c(=O)n2CC#N)c1. The van der Waals surface area contributed by atoms with Crippen molar-refractivity contribution >= 4 is 27.2 Å². The quantitative estimate of drug-likeness (QED) is 0.504. The topological polar surface area (TPSA) is 70.7 Å². The molecule has 0 amide bonds. The number of benzene rings is 2. The Labute approximate surface area is 172 Å². The Morgan fingerprint density at radius 1 is 1.17 bits per heavy atom. The van der Waals surface area contributed by atoms with Crippen LogP contribution in [0.1, 0.15) is 18.3 Å². The van der Waals surface area contributed by atoms with Gasteiger partial charge >= 0.3 is 0 Å². The summed E-state index contributed by atoms with van der Waals surface area (Å²) in [7, 11) is 0. The van der Waals surface area contributed by atoms with Crippen LogP contribution in [0.3, 0.4) is 0 Å². The third-order valence-corrected chi connectivity index (χ3v) is 5.74.